The Labute approximate surface area is 133 Å². The first-order chi connectivity index (χ1) is 10.9. The number of aliphatic hydroxyl groups excluding tert-OH is 1. The lowest BCUT2D eigenvalue weighted by atomic mass is 10.2. The number of hydrogen-bond donors (Lipinski definition) is 1. The number of rotatable bonds is 5. The highest BCUT2D eigenvalue weighted by Crippen LogP contribution is 2.21. The van der Waals surface area contributed by atoms with Crippen LogP contribution in [-0.4, -0.2) is 27.2 Å². The van der Waals surface area contributed by atoms with E-state index in [9.17, 15) is 0 Å². The van der Waals surface area contributed by atoms with Crippen molar-refractivity contribution in [1.29, 1.82) is 0 Å². The van der Waals surface area contributed by atoms with Gasteiger partial charge in [-0.3, -0.25) is 4.99 Å². The van der Waals surface area contributed by atoms with Crippen LogP contribution in [0.3, 0.4) is 0 Å². The van der Waals surface area contributed by atoms with E-state index in [1.807, 2.05) is 48.5 Å². The molecule has 0 bridgehead atoms. The molecule has 0 atom stereocenters. The summed E-state index contributed by atoms with van der Waals surface area (Å²) < 4.78 is 2.09. The Morgan fingerprint density at radius 3 is 2.36 bits per heavy atom. The first-order valence-electron chi connectivity index (χ1n) is 7.21. The van der Waals surface area contributed by atoms with E-state index in [1.165, 1.54) is 11.5 Å². The average Bonchev–Trinajstić information content (AvgIpc) is 3.01. The minimum Gasteiger partial charge on any atom is -0.396 e. The summed E-state index contributed by atoms with van der Waals surface area (Å²) in [5.41, 5.74) is 2.13. The predicted molar refractivity (Wildman–Crippen MR) is 89.0 cm³/mol. The molecule has 22 heavy (non-hydrogen) atoms. The van der Waals surface area contributed by atoms with Crippen molar-refractivity contribution in [2.75, 3.05) is 13.2 Å². The Morgan fingerprint density at radius 2 is 1.68 bits per heavy atom. The highest BCUT2D eigenvalue weighted by Gasteiger charge is 2.10. The van der Waals surface area contributed by atoms with Crippen LogP contribution in [0.15, 0.2) is 65.7 Å². The fourth-order valence-electron chi connectivity index (χ4n) is 2.10. The van der Waals surface area contributed by atoms with Crippen molar-refractivity contribution in [2.24, 2.45) is 4.99 Å². The van der Waals surface area contributed by atoms with Gasteiger partial charge in [0, 0.05) is 18.7 Å². The van der Waals surface area contributed by atoms with Gasteiger partial charge in [-0.1, -0.05) is 48.5 Å². The number of aliphatic hydroxyl groups is 1. The maximum atomic E-state index is 8.88. The molecule has 0 spiro atoms. The van der Waals surface area contributed by atoms with Crippen molar-refractivity contribution >= 4 is 11.5 Å². The zero-order valence-electron chi connectivity index (χ0n) is 12.1. The van der Waals surface area contributed by atoms with Gasteiger partial charge in [0.2, 0.25) is 4.80 Å². The zero-order chi connectivity index (χ0) is 15.2. The fraction of sp³-hybridized carbons (Fsp3) is 0.176. The number of hydrogen-bond acceptors (Lipinski definition) is 4. The van der Waals surface area contributed by atoms with Crippen molar-refractivity contribution in [1.82, 2.24) is 8.94 Å². The van der Waals surface area contributed by atoms with Crippen LogP contribution in [0.5, 0.6) is 0 Å². The van der Waals surface area contributed by atoms with Gasteiger partial charge in [-0.2, -0.15) is 4.98 Å². The first-order valence-corrected chi connectivity index (χ1v) is 7.98. The van der Waals surface area contributed by atoms with E-state index >= 15 is 0 Å². The van der Waals surface area contributed by atoms with Crippen molar-refractivity contribution < 1.29 is 5.11 Å². The summed E-state index contributed by atoms with van der Waals surface area (Å²) in [4.78, 5) is 9.85. The monoisotopic (exact) mass is 311 g/mol. The van der Waals surface area contributed by atoms with E-state index in [0.717, 1.165) is 21.9 Å². The summed E-state index contributed by atoms with van der Waals surface area (Å²) in [5.74, 6) is 0.888. The summed E-state index contributed by atoms with van der Waals surface area (Å²) in [7, 11) is 0. The molecular weight excluding hydrogens is 294 g/mol. The molecule has 0 amide bonds. The van der Waals surface area contributed by atoms with Crippen molar-refractivity contribution in [3.63, 3.8) is 0 Å². The lowest BCUT2D eigenvalue weighted by Gasteiger charge is -2.05. The molecule has 0 fully saturated rings. The van der Waals surface area contributed by atoms with Gasteiger partial charge in [0.25, 0.3) is 0 Å². The third-order valence-electron chi connectivity index (χ3n) is 3.15. The Morgan fingerprint density at radius 1 is 1.00 bits per heavy atom. The first kappa shape index (κ1) is 14.7. The summed E-state index contributed by atoms with van der Waals surface area (Å²) in [6.07, 6.45) is 0.658. The van der Waals surface area contributed by atoms with Crippen LogP contribution in [0, 0.1) is 0 Å². The number of aromatic nitrogens is 2. The molecule has 4 nitrogen and oxygen atoms in total. The predicted octanol–water partition coefficient (Wildman–Crippen LogP) is 2.88. The smallest absolute Gasteiger partial charge is 0.223 e. The average molecular weight is 311 g/mol. The molecule has 0 saturated heterocycles. The van der Waals surface area contributed by atoms with Gasteiger partial charge in [-0.15, -0.1) is 0 Å². The van der Waals surface area contributed by atoms with Crippen LogP contribution < -0.4 is 4.80 Å². The van der Waals surface area contributed by atoms with Crippen LogP contribution in [0.4, 0.5) is 0 Å². The van der Waals surface area contributed by atoms with E-state index in [1.54, 1.807) is 0 Å². The second-order valence-corrected chi connectivity index (χ2v) is 5.68. The van der Waals surface area contributed by atoms with Gasteiger partial charge in [-0.25, -0.2) is 3.96 Å². The van der Waals surface area contributed by atoms with Gasteiger partial charge in [0.05, 0.1) is 5.69 Å². The Balaban J connectivity index is 2.09. The van der Waals surface area contributed by atoms with Gasteiger partial charge in [-0.05, 0) is 30.1 Å². The molecule has 1 heterocycles. The van der Waals surface area contributed by atoms with Crippen LogP contribution in [0.2, 0.25) is 0 Å². The van der Waals surface area contributed by atoms with Crippen molar-refractivity contribution in [3.05, 3.63) is 65.5 Å². The second kappa shape index (κ2) is 7.15. The zero-order valence-corrected chi connectivity index (χ0v) is 12.9. The second-order valence-electron chi connectivity index (χ2n) is 4.76. The minimum atomic E-state index is 0.152. The maximum Gasteiger partial charge on any atom is 0.223 e. The molecule has 0 radical (unpaired) electrons. The lowest BCUT2D eigenvalue weighted by molar-refractivity contribution is 0.291. The SMILES string of the molecule is OCCCN=c1nc(-c2ccccc2)n(-c2ccccc2)s1. The normalized spacial score (nSPS) is 11.8. The van der Waals surface area contributed by atoms with Crippen LogP contribution in [-0.2, 0) is 0 Å². The van der Waals surface area contributed by atoms with Crippen LogP contribution >= 0.6 is 11.5 Å². The third kappa shape index (κ3) is 3.32. The van der Waals surface area contributed by atoms with Crippen LogP contribution in [0.1, 0.15) is 6.42 Å². The van der Waals surface area contributed by atoms with Gasteiger partial charge in [0.15, 0.2) is 5.82 Å². The Bertz CT molecular complexity index is 718. The molecule has 1 N–H and O–H groups in total. The quantitative estimate of drug-likeness (QED) is 0.737. The van der Waals surface area contributed by atoms with E-state index in [0.29, 0.717) is 13.0 Å². The molecule has 3 rings (SSSR count). The number of nitrogens with zero attached hydrogens (tertiary/aromatic N) is 3. The molecule has 112 valence electrons. The highest BCUT2D eigenvalue weighted by molar-refractivity contribution is 7.04. The topological polar surface area (TPSA) is 50.4 Å². The Kier molecular flexibility index (Phi) is 4.78. The maximum absolute atomic E-state index is 8.88. The number of benzene rings is 2. The molecular formula is C17H17N3OS. The summed E-state index contributed by atoms with van der Waals surface area (Å²) >= 11 is 1.52. The van der Waals surface area contributed by atoms with E-state index in [-0.39, 0.29) is 6.61 Å². The molecule has 1 aromatic heterocycles. The lowest BCUT2D eigenvalue weighted by Crippen LogP contribution is -2.00. The van der Waals surface area contributed by atoms with Crippen LogP contribution in [0.25, 0.3) is 17.1 Å². The van der Waals surface area contributed by atoms with Gasteiger partial charge >= 0.3 is 0 Å². The summed E-state index contributed by atoms with van der Waals surface area (Å²) in [6, 6.07) is 20.2. The van der Waals surface area contributed by atoms with E-state index in [2.05, 4.69) is 26.1 Å². The Hall–Kier alpha value is -2.24. The third-order valence-corrected chi connectivity index (χ3v) is 4.10. The van der Waals surface area contributed by atoms with Gasteiger partial charge < -0.3 is 5.11 Å². The molecule has 3 aromatic rings. The largest absolute Gasteiger partial charge is 0.396 e. The summed E-state index contributed by atoms with van der Waals surface area (Å²) in [6.45, 7) is 0.742. The molecule has 0 aliphatic carbocycles. The van der Waals surface area contributed by atoms with Crippen molar-refractivity contribution in [2.45, 2.75) is 6.42 Å². The minimum absolute atomic E-state index is 0.152. The van der Waals surface area contributed by atoms with Crippen molar-refractivity contribution in [3.8, 4) is 17.1 Å². The fourth-order valence-corrected chi connectivity index (χ4v) is 3.00. The standard InChI is InChI=1S/C17H17N3OS/c21-13-7-12-18-17-19-16(14-8-3-1-4-9-14)20(22-17)15-10-5-2-6-11-15/h1-6,8-11,21H,7,12-13H2. The van der Waals surface area contributed by atoms with E-state index < -0.39 is 0 Å². The number of para-hydroxylation sites is 1. The van der Waals surface area contributed by atoms with E-state index in [4.69, 9.17) is 5.11 Å². The molecule has 5 heteroatoms. The summed E-state index contributed by atoms with van der Waals surface area (Å²) in [5, 5.41) is 8.88. The molecule has 0 aliphatic rings. The van der Waals surface area contributed by atoms with Gasteiger partial charge in [0.1, 0.15) is 0 Å². The molecule has 0 saturated carbocycles. The molecule has 0 aliphatic heterocycles. The molecule has 2 aromatic carbocycles. The molecule has 0 unspecified atom stereocenters. The highest BCUT2D eigenvalue weighted by atomic mass is 32.1.